The molecule has 1 atom stereocenters. The molecule has 1 aromatic rings. The molecule has 0 aromatic heterocycles. The average Bonchev–Trinajstić information content (AvgIpc) is 2.53. The molecule has 0 spiro atoms. The Labute approximate surface area is 140 Å². The second kappa shape index (κ2) is 10.1. The van der Waals surface area contributed by atoms with Crippen LogP contribution in [0.2, 0.25) is 0 Å². The third kappa shape index (κ3) is 7.88. The first kappa shape index (κ1) is 19.3. The smallest absolute Gasteiger partial charge is 0.191 e. The van der Waals surface area contributed by atoms with Gasteiger partial charge in [0.05, 0.1) is 6.10 Å². The maximum Gasteiger partial charge on any atom is 0.191 e. The molecule has 0 saturated carbocycles. The van der Waals surface area contributed by atoms with E-state index in [0.717, 1.165) is 37.7 Å². The Bertz CT molecular complexity index is 454. The van der Waals surface area contributed by atoms with E-state index < -0.39 is 0 Å². The van der Waals surface area contributed by atoms with Crippen LogP contribution in [0.1, 0.15) is 27.2 Å². The predicted molar refractivity (Wildman–Crippen MR) is 99.2 cm³/mol. The molecule has 1 rings (SSSR count). The van der Waals surface area contributed by atoms with Crippen LogP contribution < -0.4 is 16.0 Å². The van der Waals surface area contributed by atoms with Gasteiger partial charge in [-0.2, -0.15) is 0 Å². The first-order valence-corrected chi connectivity index (χ1v) is 8.23. The highest BCUT2D eigenvalue weighted by Crippen LogP contribution is 2.20. The minimum absolute atomic E-state index is 0.0974. The molecule has 3 N–H and O–H groups in total. The molecule has 0 radical (unpaired) electrons. The Kier molecular flexibility index (Phi) is 8.48. The van der Waals surface area contributed by atoms with E-state index in [1.54, 1.807) is 14.2 Å². The van der Waals surface area contributed by atoms with Gasteiger partial charge in [-0.25, -0.2) is 0 Å². The number of hydrogen-bond donors (Lipinski definition) is 3. The first-order chi connectivity index (χ1) is 11.0. The average molecular weight is 320 g/mol. The van der Waals surface area contributed by atoms with Gasteiger partial charge in [-0.3, -0.25) is 4.99 Å². The zero-order valence-electron chi connectivity index (χ0n) is 15.1. The molecule has 0 aliphatic heterocycles. The number of nitrogens with one attached hydrogen (secondary N) is 3. The zero-order chi connectivity index (χ0) is 17.1. The van der Waals surface area contributed by atoms with E-state index in [1.807, 2.05) is 18.2 Å². The molecule has 1 aromatic carbocycles. The summed E-state index contributed by atoms with van der Waals surface area (Å²) in [6.45, 7) is 9.06. The number of nitrogens with zero attached hydrogens (tertiary/aromatic N) is 1. The number of benzene rings is 1. The fourth-order valence-electron chi connectivity index (χ4n) is 2.24. The summed E-state index contributed by atoms with van der Waals surface area (Å²) in [6.07, 6.45) is 1.16. The summed E-state index contributed by atoms with van der Waals surface area (Å²) in [5.41, 5.74) is 1.25. The molecule has 23 heavy (non-hydrogen) atoms. The van der Waals surface area contributed by atoms with E-state index in [1.165, 1.54) is 0 Å². The van der Waals surface area contributed by atoms with E-state index >= 15 is 0 Å². The maximum absolute atomic E-state index is 5.55. The number of aliphatic imine (C=N–C) groups is 1. The summed E-state index contributed by atoms with van der Waals surface area (Å²) in [5.74, 6) is 0.816. The van der Waals surface area contributed by atoms with Crippen molar-refractivity contribution in [1.82, 2.24) is 10.6 Å². The third-order valence-electron chi connectivity index (χ3n) is 3.68. The van der Waals surface area contributed by atoms with Crippen LogP contribution in [0.25, 0.3) is 0 Å². The SMILES string of the molecule is CN=C(NCCCNc1ccccc1)NCC(OC)C(C)(C)C. The predicted octanol–water partition coefficient (Wildman–Crippen LogP) is 2.71. The van der Waals surface area contributed by atoms with Crippen molar-refractivity contribution in [3.63, 3.8) is 0 Å². The van der Waals surface area contributed by atoms with Crippen molar-refractivity contribution in [2.45, 2.75) is 33.3 Å². The lowest BCUT2D eigenvalue weighted by molar-refractivity contribution is 0.0205. The van der Waals surface area contributed by atoms with Crippen molar-refractivity contribution in [3.05, 3.63) is 30.3 Å². The number of anilines is 1. The molecule has 1 unspecified atom stereocenters. The van der Waals surface area contributed by atoms with Gasteiger partial charge < -0.3 is 20.7 Å². The minimum Gasteiger partial charge on any atom is -0.385 e. The van der Waals surface area contributed by atoms with Crippen LogP contribution in [0, 0.1) is 5.41 Å². The van der Waals surface area contributed by atoms with Crippen LogP contribution in [-0.2, 0) is 4.74 Å². The molecule has 0 fully saturated rings. The van der Waals surface area contributed by atoms with E-state index in [-0.39, 0.29) is 11.5 Å². The van der Waals surface area contributed by atoms with Crippen LogP contribution in [0.4, 0.5) is 5.69 Å². The zero-order valence-corrected chi connectivity index (χ0v) is 15.1. The van der Waals surface area contributed by atoms with E-state index in [0.29, 0.717) is 0 Å². The molecular weight excluding hydrogens is 288 g/mol. The molecule has 0 aliphatic rings. The maximum atomic E-state index is 5.55. The third-order valence-corrected chi connectivity index (χ3v) is 3.68. The van der Waals surface area contributed by atoms with E-state index in [9.17, 15) is 0 Å². The molecule has 0 amide bonds. The Morgan fingerprint density at radius 1 is 1.13 bits per heavy atom. The van der Waals surface area contributed by atoms with Crippen LogP contribution in [0.15, 0.2) is 35.3 Å². The highest BCUT2D eigenvalue weighted by atomic mass is 16.5. The van der Waals surface area contributed by atoms with Gasteiger partial charge >= 0.3 is 0 Å². The molecule has 0 saturated heterocycles. The molecule has 130 valence electrons. The van der Waals surface area contributed by atoms with Crippen LogP contribution in [-0.4, -0.2) is 45.9 Å². The molecule has 0 heterocycles. The lowest BCUT2D eigenvalue weighted by Gasteiger charge is -2.30. The summed E-state index contributed by atoms with van der Waals surface area (Å²) < 4.78 is 5.55. The summed E-state index contributed by atoms with van der Waals surface area (Å²) in [7, 11) is 3.54. The van der Waals surface area contributed by atoms with Crippen molar-refractivity contribution in [2.75, 3.05) is 39.1 Å². The van der Waals surface area contributed by atoms with Gasteiger partial charge in [0.25, 0.3) is 0 Å². The van der Waals surface area contributed by atoms with Crippen molar-refractivity contribution < 1.29 is 4.74 Å². The molecule has 0 bridgehead atoms. The second-order valence-electron chi connectivity index (χ2n) is 6.62. The first-order valence-electron chi connectivity index (χ1n) is 8.23. The lowest BCUT2D eigenvalue weighted by atomic mass is 9.89. The largest absolute Gasteiger partial charge is 0.385 e. The number of rotatable bonds is 8. The number of guanidine groups is 1. The summed E-state index contributed by atoms with van der Waals surface area (Å²) in [6, 6.07) is 10.2. The van der Waals surface area contributed by atoms with E-state index in [4.69, 9.17) is 4.74 Å². The second-order valence-corrected chi connectivity index (χ2v) is 6.62. The molecule has 0 aliphatic carbocycles. The van der Waals surface area contributed by atoms with Crippen molar-refractivity contribution >= 4 is 11.6 Å². The molecular formula is C18H32N4O. The number of methoxy groups -OCH3 is 1. The van der Waals surface area contributed by atoms with Gasteiger partial charge in [-0.05, 0) is 24.0 Å². The Morgan fingerprint density at radius 2 is 1.83 bits per heavy atom. The van der Waals surface area contributed by atoms with E-state index in [2.05, 4.69) is 53.8 Å². The van der Waals surface area contributed by atoms with Gasteiger partial charge in [0.2, 0.25) is 0 Å². The lowest BCUT2D eigenvalue weighted by Crippen LogP contribution is -2.45. The Morgan fingerprint density at radius 3 is 2.39 bits per heavy atom. The highest BCUT2D eigenvalue weighted by Gasteiger charge is 2.24. The van der Waals surface area contributed by atoms with Gasteiger partial charge in [-0.15, -0.1) is 0 Å². The quantitative estimate of drug-likeness (QED) is 0.392. The van der Waals surface area contributed by atoms with Gasteiger partial charge in [-0.1, -0.05) is 39.0 Å². The number of ether oxygens (including phenoxy) is 1. The fourth-order valence-corrected chi connectivity index (χ4v) is 2.24. The minimum atomic E-state index is 0.0974. The van der Waals surface area contributed by atoms with Crippen molar-refractivity contribution in [3.8, 4) is 0 Å². The van der Waals surface area contributed by atoms with Crippen molar-refractivity contribution in [1.29, 1.82) is 0 Å². The number of hydrogen-bond acceptors (Lipinski definition) is 3. The Hall–Kier alpha value is -1.75. The standard InChI is InChI=1S/C18H32N4O/c1-18(2,3)16(23-5)14-22-17(19-4)21-13-9-12-20-15-10-7-6-8-11-15/h6-8,10-11,16,20H,9,12-14H2,1-5H3,(H2,19,21,22). The van der Waals surface area contributed by atoms with Gasteiger partial charge in [0, 0.05) is 39.5 Å². The van der Waals surface area contributed by atoms with Crippen molar-refractivity contribution in [2.24, 2.45) is 10.4 Å². The summed E-state index contributed by atoms with van der Waals surface area (Å²) in [5, 5.41) is 10.1. The van der Waals surface area contributed by atoms with Crippen LogP contribution >= 0.6 is 0 Å². The molecule has 5 heteroatoms. The van der Waals surface area contributed by atoms with Crippen LogP contribution in [0.5, 0.6) is 0 Å². The van der Waals surface area contributed by atoms with Crippen LogP contribution in [0.3, 0.4) is 0 Å². The summed E-state index contributed by atoms with van der Waals surface area (Å²) in [4.78, 5) is 4.25. The normalized spacial score (nSPS) is 13.5. The van der Waals surface area contributed by atoms with Gasteiger partial charge in [0.1, 0.15) is 0 Å². The highest BCUT2D eigenvalue weighted by molar-refractivity contribution is 5.79. The summed E-state index contributed by atoms with van der Waals surface area (Å²) >= 11 is 0. The Balaban J connectivity index is 2.21. The molecule has 5 nitrogen and oxygen atoms in total. The number of para-hydroxylation sites is 1. The monoisotopic (exact) mass is 320 g/mol. The topological polar surface area (TPSA) is 57.7 Å². The van der Waals surface area contributed by atoms with Gasteiger partial charge in [0.15, 0.2) is 5.96 Å². The fraction of sp³-hybridized carbons (Fsp3) is 0.611.